The van der Waals surface area contributed by atoms with Crippen molar-refractivity contribution in [2.75, 3.05) is 12.5 Å². The molecule has 15 heavy (non-hydrogen) atoms. The molecule has 84 valence electrons. The van der Waals surface area contributed by atoms with Crippen molar-refractivity contribution in [1.29, 1.82) is 0 Å². The summed E-state index contributed by atoms with van der Waals surface area (Å²) in [4.78, 5) is 0. The topological polar surface area (TPSA) is 49.7 Å². The maximum Gasteiger partial charge on any atom is 0.125 e. The van der Waals surface area contributed by atoms with Crippen LogP contribution in [0.15, 0.2) is 24.3 Å². The Labute approximate surface area is 94.3 Å². The molecule has 4 heteroatoms. The first-order valence-corrected chi connectivity index (χ1v) is 5.38. The molecule has 0 saturated heterocycles. The van der Waals surface area contributed by atoms with Crippen LogP contribution < -0.4 is 4.74 Å². The van der Waals surface area contributed by atoms with E-state index in [1.807, 2.05) is 13.0 Å². The summed E-state index contributed by atoms with van der Waals surface area (Å²) in [5.74, 6) is 0.568. The molecule has 0 aromatic heterocycles. The highest BCUT2D eigenvalue weighted by Crippen LogP contribution is 2.27. The first-order chi connectivity index (χ1) is 7.20. The van der Waals surface area contributed by atoms with Gasteiger partial charge in [0, 0.05) is 5.56 Å². The molecule has 0 spiro atoms. The SMILES string of the molecule is CCOc1ccccc1C(O)C(O)CCl. The van der Waals surface area contributed by atoms with Gasteiger partial charge in [-0.15, -0.1) is 11.6 Å². The number of hydrogen-bond donors (Lipinski definition) is 2. The minimum atomic E-state index is -1.01. The highest BCUT2D eigenvalue weighted by atomic mass is 35.5. The van der Waals surface area contributed by atoms with Crippen molar-refractivity contribution in [1.82, 2.24) is 0 Å². The maximum atomic E-state index is 9.78. The number of aliphatic hydroxyl groups is 2. The van der Waals surface area contributed by atoms with E-state index in [-0.39, 0.29) is 5.88 Å². The third-order valence-corrected chi connectivity index (χ3v) is 2.38. The number of halogens is 1. The van der Waals surface area contributed by atoms with Crippen LogP contribution in [0.3, 0.4) is 0 Å². The first-order valence-electron chi connectivity index (χ1n) is 4.84. The molecule has 0 amide bonds. The van der Waals surface area contributed by atoms with Crippen LogP contribution in [0, 0.1) is 0 Å². The molecule has 0 bridgehead atoms. The molecule has 2 unspecified atom stereocenters. The van der Waals surface area contributed by atoms with Crippen LogP contribution in [0.4, 0.5) is 0 Å². The second kappa shape index (κ2) is 5.95. The Bertz CT molecular complexity index is 304. The summed E-state index contributed by atoms with van der Waals surface area (Å²) in [5.41, 5.74) is 0.563. The Hall–Kier alpha value is -0.770. The molecular formula is C11H15ClO3. The number of ether oxygens (including phenoxy) is 1. The Morgan fingerprint density at radius 1 is 1.33 bits per heavy atom. The van der Waals surface area contributed by atoms with Crippen LogP contribution in [0.5, 0.6) is 5.75 Å². The third-order valence-electron chi connectivity index (χ3n) is 2.06. The molecule has 0 aliphatic rings. The molecule has 0 fully saturated rings. The zero-order valence-electron chi connectivity index (χ0n) is 8.56. The average Bonchev–Trinajstić information content (AvgIpc) is 2.28. The van der Waals surface area contributed by atoms with E-state index in [4.69, 9.17) is 16.3 Å². The van der Waals surface area contributed by atoms with E-state index in [0.29, 0.717) is 17.9 Å². The van der Waals surface area contributed by atoms with Gasteiger partial charge in [0.2, 0.25) is 0 Å². The monoisotopic (exact) mass is 230 g/mol. The largest absolute Gasteiger partial charge is 0.493 e. The average molecular weight is 231 g/mol. The minimum Gasteiger partial charge on any atom is -0.493 e. The van der Waals surface area contributed by atoms with E-state index < -0.39 is 12.2 Å². The zero-order chi connectivity index (χ0) is 11.3. The molecule has 1 aromatic rings. The van der Waals surface area contributed by atoms with Gasteiger partial charge < -0.3 is 14.9 Å². The number of aliphatic hydroxyl groups excluding tert-OH is 2. The van der Waals surface area contributed by atoms with E-state index in [9.17, 15) is 10.2 Å². The Morgan fingerprint density at radius 3 is 2.60 bits per heavy atom. The van der Waals surface area contributed by atoms with Crippen molar-refractivity contribution in [2.45, 2.75) is 19.1 Å². The van der Waals surface area contributed by atoms with Crippen molar-refractivity contribution in [3.8, 4) is 5.75 Å². The molecule has 0 saturated carbocycles. The van der Waals surface area contributed by atoms with E-state index in [1.54, 1.807) is 18.2 Å². The summed E-state index contributed by atoms with van der Waals surface area (Å²) < 4.78 is 5.34. The van der Waals surface area contributed by atoms with E-state index >= 15 is 0 Å². The summed E-state index contributed by atoms with van der Waals surface area (Å²) in [6.07, 6.45) is -1.99. The highest BCUT2D eigenvalue weighted by Gasteiger charge is 2.20. The lowest BCUT2D eigenvalue weighted by molar-refractivity contribution is 0.0309. The summed E-state index contributed by atoms with van der Waals surface area (Å²) in [6, 6.07) is 7.06. The molecule has 1 rings (SSSR count). The minimum absolute atomic E-state index is 0.0123. The predicted molar refractivity (Wildman–Crippen MR) is 59.3 cm³/mol. The fraction of sp³-hybridized carbons (Fsp3) is 0.455. The molecule has 0 aliphatic carbocycles. The summed E-state index contributed by atoms with van der Waals surface area (Å²) in [7, 11) is 0. The van der Waals surface area contributed by atoms with Crippen LogP contribution in [0.2, 0.25) is 0 Å². The summed E-state index contributed by atoms with van der Waals surface area (Å²) >= 11 is 5.48. The van der Waals surface area contributed by atoms with Crippen molar-refractivity contribution in [2.24, 2.45) is 0 Å². The Balaban J connectivity index is 2.91. The molecule has 3 nitrogen and oxygen atoms in total. The third kappa shape index (κ3) is 3.09. The van der Waals surface area contributed by atoms with Gasteiger partial charge >= 0.3 is 0 Å². The van der Waals surface area contributed by atoms with Gasteiger partial charge in [-0.25, -0.2) is 0 Å². The smallest absolute Gasteiger partial charge is 0.125 e. The highest BCUT2D eigenvalue weighted by molar-refractivity contribution is 6.18. The Kier molecular flexibility index (Phi) is 4.88. The van der Waals surface area contributed by atoms with Crippen LogP contribution in [-0.4, -0.2) is 28.8 Å². The molecule has 2 atom stereocenters. The van der Waals surface area contributed by atoms with Gasteiger partial charge in [-0.05, 0) is 13.0 Å². The van der Waals surface area contributed by atoms with Crippen LogP contribution in [0.1, 0.15) is 18.6 Å². The first kappa shape index (κ1) is 12.3. The van der Waals surface area contributed by atoms with Gasteiger partial charge in [0.25, 0.3) is 0 Å². The summed E-state index contributed by atoms with van der Waals surface area (Å²) in [6.45, 7) is 2.38. The number of alkyl halides is 1. The van der Waals surface area contributed by atoms with E-state index in [1.165, 1.54) is 0 Å². The lowest BCUT2D eigenvalue weighted by Crippen LogP contribution is -2.20. The fourth-order valence-corrected chi connectivity index (χ4v) is 1.47. The summed E-state index contributed by atoms with van der Waals surface area (Å²) in [5, 5.41) is 19.2. The fourth-order valence-electron chi connectivity index (χ4n) is 1.30. The number of para-hydroxylation sites is 1. The molecule has 2 N–H and O–H groups in total. The van der Waals surface area contributed by atoms with Gasteiger partial charge in [-0.1, -0.05) is 18.2 Å². The van der Waals surface area contributed by atoms with E-state index in [2.05, 4.69) is 0 Å². The number of hydrogen-bond acceptors (Lipinski definition) is 3. The second-order valence-corrected chi connectivity index (χ2v) is 3.45. The van der Waals surface area contributed by atoms with Crippen molar-refractivity contribution >= 4 is 11.6 Å². The van der Waals surface area contributed by atoms with Crippen molar-refractivity contribution in [3.63, 3.8) is 0 Å². The number of rotatable bonds is 5. The van der Waals surface area contributed by atoms with Gasteiger partial charge in [0.1, 0.15) is 11.9 Å². The van der Waals surface area contributed by atoms with Gasteiger partial charge in [0.05, 0.1) is 18.6 Å². The van der Waals surface area contributed by atoms with Gasteiger partial charge in [-0.2, -0.15) is 0 Å². The molecule has 0 heterocycles. The molecule has 1 aromatic carbocycles. The predicted octanol–water partition coefficient (Wildman–Crippen LogP) is 1.72. The normalized spacial score (nSPS) is 14.7. The van der Waals surface area contributed by atoms with Crippen molar-refractivity contribution < 1.29 is 14.9 Å². The lowest BCUT2D eigenvalue weighted by atomic mass is 10.0. The zero-order valence-corrected chi connectivity index (χ0v) is 9.31. The standard InChI is InChI=1S/C11H15ClO3/c1-2-15-10-6-4-3-5-8(10)11(14)9(13)7-12/h3-6,9,11,13-14H,2,7H2,1H3. The Morgan fingerprint density at radius 2 is 2.00 bits per heavy atom. The number of benzene rings is 1. The maximum absolute atomic E-state index is 9.78. The lowest BCUT2D eigenvalue weighted by Gasteiger charge is -2.18. The molecule has 0 aliphatic heterocycles. The van der Waals surface area contributed by atoms with Crippen LogP contribution >= 0.6 is 11.6 Å². The van der Waals surface area contributed by atoms with Crippen molar-refractivity contribution in [3.05, 3.63) is 29.8 Å². The molecular weight excluding hydrogens is 216 g/mol. The van der Waals surface area contributed by atoms with Crippen LogP contribution in [0.25, 0.3) is 0 Å². The second-order valence-electron chi connectivity index (χ2n) is 3.14. The quantitative estimate of drug-likeness (QED) is 0.758. The van der Waals surface area contributed by atoms with Crippen LogP contribution in [-0.2, 0) is 0 Å². The van der Waals surface area contributed by atoms with Gasteiger partial charge in [-0.3, -0.25) is 0 Å². The molecule has 0 radical (unpaired) electrons. The van der Waals surface area contributed by atoms with Gasteiger partial charge in [0.15, 0.2) is 0 Å². The van der Waals surface area contributed by atoms with E-state index in [0.717, 1.165) is 0 Å².